The third kappa shape index (κ3) is 6.20. The Balaban J connectivity index is 0.935. The van der Waals surface area contributed by atoms with Crippen LogP contribution in [0.25, 0.3) is 98.8 Å². The van der Waals surface area contributed by atoms with Gasteiger partial charge in [0.1, 0.15) is 11.2 Å². The number of furan rings is 1. The van der Waals surface area contributed by atoms with Gasteiger partial charge in [-0.2, -0.15) is 0 Å². The lowest BCUT2D eigenvalue weighted by atomic mass is 9.96. The fourth-order valence-corrected chi connectivity index (χ4v) is 9.38. The van der Waals surface area contributed by atoms with E-state index in [9.17, 15) is 0 Å². The summed E-state index contributed by atoms with van der Waals surface area (Å²) in [7, 11) is 0. The number of nitrogens with zero attached hydrogens (tertiary/aromatic N) is 1. The van der Waals surface area contributed by atoms with Crippen LogP contribution in [0.15, 0.2) is 241 Å². The van der Waals surface area contributed by atoms with Crippen LogP contribution in [-0.4, -0.2) is 0 Å². The molecule has 1 aromatic heterocycles. The van der Waals surface area contributed by atoms with Crippen molar-refractivity contribution in [2.75, 3.05) is 4.90 Å². The van der Waals surface area contributed by atoms with Gasteiger partial charge in [0.05, 0.1) is 0 Å². The normalized spacial score (nSPS) is 11.5. The zero-order valence-electron chi connectivity index (χ0n) is 33.9. The number of hydrogen-bond acceptors (Lipinski definition) is 2. The Morgan fingerprint density at radius 3 is 1.52 bits per heavy atom. The summed E-state index contributed by atoms with van der Waals surface area (Å²) in [5, 5.41) is 9.83. The summed E-state index contributed by atoms with van der Waals surface area (Å²) in [5.41, 5.74) is 14.5. The molecule has 2 heteroatoms. The highest BCUT2D eigenvalue weighted by Gasteiger charge is 2.17. The van der Waals surface area contributed by atoms with Crippen LogP contribution in [0.3, 0.4) is 0 Å². The minimum absolute atomic E-state index is 0.893. The van der Waals surface area contributed by atoms with Crippen molar-refractivity contribution in [1.82, 2.24) is 0 Å². The Morgan fingerprint density at radius 2 is 0.758 bits per heavy atom. The van der Waals surface area contributed by atoms with E-state index in [2.05, 4.69) is 229 Å². The van der Waals surface area contributed by atoms with E-state index in [1.807, 2.05) is 12.1 Å². The van der Waals surface area contributed by atoms with Crippen molar-refractivity contribution < 1.29 is 4.42 Å². The van der Waals surface area contributed by atoms with Gasteiger partial charge in [0, 0.05) is 27.8 Å². The van der Waals surface area contributed by atoms with E-state index < -0.39 is 0 Å². The Kier molecular flexibility index (Phi) is 8.53. The van der Waals surface area contributed by atoms with Crippen molar-refractivity contribution in [3.05, 3.63) is 237 Å². The number of rotatable bonds is 7. The van der Waals surface area contributed by atoms with Crippen molar-refractivity contribution in [2.24, 2.45) is 0 Å². The smallest absolute Gasteiger partial charge is 0.136 e. The van der Waals surface area contributed by atoms with Gasteiger partial charge in [-0.1, -0.05) is 182 Å². The summed E-state index contributed by atoms with van der Waals surface area (Å²) in [6, 6.07) is 85.5. The van der Waals surface area contributed by atoms with Crippen LogP contribution in [-0.2, 0) is 0 Å². The molecule has 12 aromatic rings. The minimum Gasteiger partial charge on any atom is -0.456 e. The summed E-state index contributed by atoms with van der Waals surface area (Å²) in [6.07, 6.45) is 0. The van der Waals surface area contributed by atoms with E-state index >= 15 is 0 Å². The summed E-state index contributed by atoms with van der Waals surface area (Å²) < 4.78 is 6.31. The van der Waals surface area contributed by atoms with Gasteiger partial charge in [-0.05, 0) is 131 Å². The molecular formula is C60H39NO. The third-order valence-electron chi connectivity index (χ3n) is 12.5. The second-order valence-electron chi connectivity index (χ2n) is 16.1. The predicted octanol–water partition coefficient (Wildman–Crippen LogP) is 17.2. The molecule has 0 spiro atoms. The van der Waals surface area contributed by atoms with E-state index in [4.69, 9.17) is 4.42 Å². The van der Waals surface area contributed by atoms with Gasteiger partial charge in [-0.25, -0.2) is 0 Å². The van der Waals surface area contributed by atoms with Crippen molar-refractivity contribution in [3.8, 4) is 44.5 Å². The molecule has 12 rings (SSSR count). The van der Waals surface area contributed by atoms with E-state index in [-0.39, 0.29) is 0 Å². The Labute approximate surface area is 360 Å². The summed E-state index contributed by atoms with van der Waals surface area (Å²) in [4.78, 5) is 2.36. The average molecular weight is 790 g/mol. The van der Waals surface area contributed by atoms with Crippen LogP contribution in [0, 0.1) is 0 Å². The molecule has 0 saturated carbocycles. The highest BCUT2D eigenvalue weighted by Crippen LogP contribution is 2.42. The molecule has 0 fully saturated rings. The van der Waals surface area contributed by atoms with Crippen LogP contribution >= 0.6 is 0 Å². The molecule has 0 bridgehead atoms. The van der Waals surface area contributed by atoms with Gasteiger partial charge in [-0.15, -0.1) is 0 Å². The highest BCUT2D eigenvalue weighted by molar-refractivity contribution is 6.13. The van der Waals surface area contributed by atoms with Crippen LogP contribution in [0.2, 0.25) is 0 Å². The molecule has 0 aliphatic rings. The summed E-state index contributed by atoms with van der Waals surface area (Å²) in [5.74, 6) is 0. The van der Waals surface area contributed by atoms with Crippen molar-refractivity contribution >= 4 is 71.3 Å². The number of fused-ring (bicyclic) bond motifs is 7. The second-order valence-corrected chi connectivity index (χ2v) is 16.1. The first-order chi connectivity index (χ1) is 30.7. The van der Waals surface area contributed by atoms with Crippen molar-refractivity contribution in [3.63, 3.8) is 0 Å². The monoisotopic (exact) mass is 789 g/mol. The molecule has 0 atom stereocenters. The number of hydrogen-bond donors (Lipinski definition) is 0. The zero-order chi connectivity index (χ0) is 41.0. The lowest BCUT2D eigenvalue weighted by molar-refractivity contribution is 0.669. The zero-order valence-corrected chi connectivity index (χ0v) is 33.9. The highest BCUT2D eigenvalue weighted by atomic mass is 16.3. The molecule has 1 heterocycles. The molecule has 0 amide bonds. The van der Waals surface area contributed by atoms with E-state index in [0.717, 1.165) is 50.1 Å². The van der Waals surface area contributed by atoms with Gasteiger partial charge in [-0.3, -0.25) is 0 Å². The Bertz CT molecular complexity index is 3610. The van der Waals surface area contributed by atoms with Crippen LogP contribution in [0.1, 0.15) is 0 Å². The molecule has 0 saturated heterocycles. The first kappa shape index (κ1) is 35.7. The summed E-state index contributed by atoms with van der Waals surface area (Å²) >= 11 is 0. The minimum atomic E-state index is 0.893. The van der Waals surface area contributed by atoms with E-state index in [1.165, 1.54) is 65.7 Å². The third-order valence-corrected chi connectivity index (χ3v) is 12.5. The first-order valence-corrected chi connectivity index (χ1v) is 21.2. The lowest BCUT2D eigenvalue weighted by Crippen LogP contribution is -2.10. The average Bonchev–Trinajstić information content (AvgIpc) is 3.73. The van der Waals surface area contributed by atoms with Gasteiger partial charge in [0.2, 0.25) is 0 Å². The molecule has 62 heavy (non-hydrogen) atoms. The standard InChI is InChI=1S/C60H39NO/c1-3-15-52-43(10-1)12-8-18-53(52)45-24-22-40(23-25-45)41-30-34-49(35-31-41)61(51-14-7-13-48(38-51)55-19-9-21-59-60(55)56-17-5-6-20-58(56)62-59)50-36-32-42(33-37-50)47-29-28-46-27-26-44-11-2-4-16-54(44)57(46)39-47/h1-39H. The molecule has 0 radical (unpaired) electrons. The number of benzene rings is 11. The van der Waals surface area contributed by atoms with Gasteiger partial charge < -0.3 is 9.32 Å². The molecule has 0 N–H and O–H groups in total. The van der Waals surface area contributed by atoms with Crippen molar-refractivity contribution in [2.45, 2.75) is 0 Å². The molecule has 290 valence electrons. The SMILES string of the molecule is c1cc(-c2cccc3oc4ccccc4c23)cc(N(c2ccc(-c3ccc(-c4cccc5ccccc45)cc3)cc2)c2ccc(-c3ccc4ccc5ccccc5c4c3)cc2)c1. The van der Waals surface area contributed by atoms with E-state index in [0.29, 0.717) is 0 Å². The molecular weight excluding hydrogens is 751 g/mol. The largest absolute Gasteiger partial charge is 0.456 e. The fourth-order valence-electron chi connectivity index (χ4n) is 9.38. The summed E-state index contributed by atoms with van der Waals surface area (Å²) in [6.45, 7) is 0. The second kappa shape index (κ2) is 14.8. The fraction of sp³-hybridized carbons (Fsp3) is 0. The lowest BCUT2D eigenvalue weighted by Gasteiger charge is -2.26. The maximum absolute atomic E-state index is 6.31. The molecule has 0 aliphatic heterocycles. The Hall–Kier alpha value is -8.20. The number of anilines is 3. The quantitative estimate of drug-likeness (QED) is 0.150. The maximum Gasteiger partial charge on any atom is 0.136 e. The van der Waals surface area contributed by atoms with Gasteiger partial charge >= 0.3 is 0 Å². The predicted molar refractivity (Wildman–Crippen MR) is 263 cm³/mol. The molecule has 11 aromatic carbocycles. The maximum atomic E-state index is 6.31. The number of para-hydroxylation sites is 1. The Morgan fingerprint density at radius 1 is 0.258 bits per heavy atom. The van der Waals surface area contributed by atoms with Gasteiger partial charge in [0.15, 0.2) is 0 Å². The molecule has 0 unspecified atom stereocenters. The molecule has 2 nitrogen and oxygen atoms in total. The van der Waals surface area contributed by atoms with Gasteiger partial charge in [0.25, 0.3) is 0 Å². The van der Waals surface area contributed by atoms with E-state index in [1.54, 1.807) is 0 Å². The van der Waals surface area contributed by atoms with Crippen LogP contribution in [0.5, 0.6) is 0 Å². The molecule has 0 aliphatic carbocycles. The first-order valence-electron chi connectivity index (χ1n) is 21.2. The van der Waals surface area contributed by atoms with Crippen LogP contribution in [0.4, 0.5) is 17.1 Å². The van der Waals surface area contributed by atoms with Crippen molar-refractivity contribution in [1.29, 1.82) is 0 Å². The topological polar surface area (TPSA) is 16.4 Å². The van der Waals surface area contributed by atoms with Crippen LogP contribution < -0.4 is 4.90 Å².